The van der Waals surface area contributed by atoms with Crippen molar-refractivity contribution < 1.29 is 0 Å². The summed E-state index contributed by atoms with van der Waals surface area (Å²) in [4.78, 5) is 15.1. The van der Waals surface area contributed by atoms with Crippen molar-refractivity contribution in [3.8, 4) is 56.4 Å². The fourth-order valence-electron chi connectivity index (χ4n) is 7.16. The maximum Gasteiger partial charge on any atom is 0.164 e. The molecule has 0 atom stereocenters. The van der Waals surface area contributed by atoms with Crippen molar-refractivity contribution in [2.45, 2.75) is 0 Å². The molecule has 10 aromatic rings. The maximum absolute atomic E-state index is 5.09. The average molecular weight is 668 g/mol. The molecule has 0 radical (unpaired) electrons. The molecule has 0 fully saturated rings. The highest BCUT2D eigenvalue weighted by Gasteiger charge is 2.18. The van der Waals surface area contributed by atoms with Crippen LogP contribution in [0.25, 0.3) is 98.1 Å². The Bertz CT molecular complexity index is 2840. The third kappa shape index (κ3) is 5.25. The number of benzene rings is 8. The summed E-state index contributed by atoms with van der Waals surface area (Å²) in [5.41, 5.74) is 7.78. The molecule has 0 amide bonds. The van der Waals surface area contributed by atoms with Gasteiger partial charge in [-0.2, -0.15) is 0 Å². The predicted molar refractivity (Wildman–Crippen MR) is 215 cm³/mol. The summed E-state index contributed by atoms with van der Waals surface area (Å²) in [7, 11) is 0. The number of hydrogen-bond acceptors (Lipinski definition) is 4. The van der Waals surface area contributed by atoms with E-state index in [-0.39, 0.29) is 0 Å². The second-order valence-corrected chi connectivity index (χ2v) is 13.9. The molecule has 0 aliphatic carbocycles. The van der Waals surface area contributed by atoms with Crippen molar-refractivity contribution in [3.63, 3.8) is 0 Å². The molecule has 0 saturated heterocycles. The van der Waals surface area contributed by atoms with Crippen LogP contribution in [0.15, 0.2) is 176 Å². The SMILES string of the molecule is c1ccc(-c2nc(-c3ccccc3)nc(-c3cc4sc5ccc(-c6ccc(-c7ccc8ccccc8c7)cc6)cc5c4c4ccccc34)n2)cc1. The van der Waals surface area contributed by atoms with Crippen LogP contribution in [0.3, 0.4) is 0 Å². The van der Waals surface area contributed by atoms with Gasteiger partial charge in [0.1, 0.15) is 0 Å². The lowest BCUT2D eigenvalue weighted by atomic mass is 9.96. The van der Waals surface area contributed by atoms with Gasteiger partial charge in [-0.3, -0.25) is 0 Å². The molecule has 0 saturated carbocycles. The number of hydrogen-bond donors (Lipinski definition) is 0. The van der Waals surface area contributed by atoms with Gasteiger partial charge in [0.25, 0.3) is 0 Å². The molecule has 10 rings (SSSR count). The summed E-state index contributed by atoms with van der Waals surface area (Å²) in [6, 6.07) is 62.3. The van der Waals surface area contributed by atoms with Crippen LogP contribution in [0.4, 0.5) is 0 Å². The Hall–Kier alpha value is -6.49. The minimum atomic E-state index is 0.663. The number of thiophene rings is 1. The fourth-order valence-corrected chi connectivity index (χ4v) is 8.30. The topological polar surface area (TPSA) is 38.7 Å². The number of aromatic nitrogens is 3. The van der Waals surface area contributed by atoms with Crippen LogP contribution in [0.1, 0.15) is 0 Å². The Morgan fingerprint density at radius 1 is 0.314 bits per heavy atom. The van der Waals surface area contributed by atoms with Crippen LogP contribution in [0.5, 0.6) is 0 Å². The van der Waals surface area contributed by atoms with Crippen molar-refractivity contribution in [1.82, 2.24) is 15.0 Å². The van der Waals surface area contributed by atoms with Crippen LogP contribution < -0.4 is 0 Å². The molecule has 0 aliphatic heterocycles. The normalized spacial score (nSPS) is 11.5. The van der Waals surface area contributed by atoms with E-state index in [2.05, 4.69) is 140 Å². The van der Waals surface area contributed by atoms with Gasteiger partial charge in [-0.15, -0.1) is 11.3 Å². The third-order valence-electron chi connectivity index (χ3n) is 9.72. The molecule has 0 unspecified atom stereocenters. The van der Waals surface area contributed by atoms with E-state index in [0.29, 0.717) is 17.5 Å². The van der Waals surface area contributed by atoms with E-state index in [4.69, 9.17) is 15.0 Å². The summed E-state index contributed by atoms with van der Waals surface area (Å²) in [5, 5.41) is 7.37. The summed E-state index contributed by atoms with van der Waals surface area (Å²) >= 11 is 1.82. The monoisotopic (exact) mass is 667 g/mol. The van der Waals surface area contributed by atoms with Gasteiger partial charge in [0.05, 0.1) is 0 Å². The van der Waals surface area contributed by atoms with Crippen molar-refractivity contribution in [2.75, 3.05) is 0 Å². The average Bonchev–Trinajstić information content (AvgIpc) is 3.59. The first-order valence-electron chi connectivity index (χ1n) is 17.1. The molecule has 2 aromatic heterocycles. The number of nitrogens with zero attached hydrogens (tertiary/aromatic N) is 3. The highest BCUT2D eigenvalue weighted by atomic mass is 32.1. The van der Waals surface area contributed by atoms with Crippen molar-refractivity contribution in [3.05, 3.63) is 176 Å². The first-order valence-corrected chi connectivity index (χ1v) is 17.9. The maximum atomic E-state index is 5.09. The molecular formula is C47H29N3S. The Morgan fingerprint density at radius 3 is 1.53 bits per heavy atom. The van der Waals surface area contributed by atoms with E-state index in [9.17, 15) is 0 Å². The largest absolute Gasteiger partial charge is 0.208 e. The molecule has 0 bridgehead atoms. The molecule has 0 aliphatic rings. The fraction of sp³-hybridized carbons (Fsp3) is 0. The van der Waals surface area contributed by atoms with E-state index in [1.165, 1.54) is 58.6 Å². The number of rotatable bonds is 5. The first-order chi connectivity index (χ1) is 25.2. The Morgan fingerprint density at radius 2 is 0.843 bits per heavy atom. The summed E-state index contributed by atoms with van der Waals surface area (Å²) < 4.78 is 2.47. The predicted octanol–water partition coefficient (Wildman–Crippen LogP) is 12.9. The third-order valence-corrected chi connectivity index (χ3v) is 10.8. The number of fused-ring (bicyclic) bond motifs is 6. The van der Waals surface area contributed by atoms with E-state index in [0.717, 1.165) is 22.1 Å². The van der Waals surface area contributed by atoms with Crippen LogP contribution in [0.2, 0.25) is 0 Å². The second-order valence-electron chi connectivity index (χ2n) is 12.8. The molecule has 51 heavy (non-hydrogen) atoms. The van der Waals surface area contributed by atoms with Gasteiger partial charge in [-0.1, -0.05) is 152 Å². The summed E-state index contributed by atoms with van der Waals surface area (Å²) in [5.74, 6) is 2.00. The van der Waals surface area contributed by atoms with E-state index in [1.54, 1.807) is 0 Å². The zero-order valence-corrected chi connectivity index (χ0v) is 28.3. The molecule has 238 valence electrons. The quantitative estimate of drug-likeness (QED) is 0.183. The lowest BCUT2D eigenvalue weighted by Crippen LogP contribution is -2.00. The van der Waals surface area contributed by atoms with Crippen molar-refractivity contribution in [1.29, 1.82) is 0 Å². The van der Waals surface area contributed by atoms with E-state index >= 15 is 0 Å². The summed E-state index contributed by atoms with van der Waals surface area (Å²) in [6.07, 6.45) is 0. The minimum absolute atomic E-state index is 0.663. The molecule has 3 nitrogen and oxygen atoms in total. The van der Waals surface area contributed by atoms with E-state index < -0.39 is 0 Å². The van der Waals surface area contributed by atoms with Gasteiger partial charge in [-0.25, -0.2) is 15.0 Å². The van der Waals surface area contributed by atoms with Gasteiger partial charge >= 0.3 is 0 Å². The van der Waals surface area contributed by atoms with Gasteiger partial charge in [0.2, 0.25) is 0 Å². The smallest absolute Gasteiger partial charge is 0.164 e. The van der Waals surface area contributed by atoms with Gasteiger partial charge < -0.3 is 0 Å². The molecule has 0 spiro atoms. The van der Waals surface area contributed by atoms with Crippen LogP contribution in [0, 0.1) is 0 Å². The molecular weight excluding hydrogens is 639 g/mol. The molecule has 0 N–H and O–H groups in total. The van der Waals surface area contributed by atoms with E-state index in [1.807, 2.05) is 47.7 Å². The highest BCUT2D eigenvalue weighted by molar-refractivity contribution is 7.26. The minimum Gasteiger partial charge on any atom is -0.208 e. The first kappa shape index (κ1) is 29.4. The van der Waals surface area contributed by atoms with Crippen LogP contribution in [-0.4, -0.2) is 15.0 Å². The lowest BCUT2D eigenvalue weighted by molar-refractivity contribution is 1.08. The van der Waals surface area contributed by atoms with Gasteiger partial charge in [0.15, 0.2) is 17.5 Å². The van der Waals surface area contributed by atoms with Crippen LogP contribution >= 0.6 is 11.3 Å². The van der Waals surface area contributed by atoms with Crippen molar-refractivity contribution in [2.24, 2.45) is 0 Å². The zero-order valence-electron chi connectivity index (χ0n) is 27.5. The van der Waals surface area contributed by atoms with Gasteiger partial charge in [-0.05, 0) is 68.1 Å². The van der Waals surface area contributed by atoms with Gasteiger partial charge in [0, 0.05) is 36.9 Å². The van der Waals surface area contributed by atoms with Crippen molar-refractivity contribution >= 4 is 53.1 Å². The Kier molecular flexibility index (Phi) is 7.00. The van der Waals surface area contributed by atoms with Crippen LogP contribution in [-0.2, 0) is 0 Å². The molecule has 8 aromatic carbocycles. The zero-order chi connectivity index (χ0) is 33.7. The standard InChI is InChI=1S/C47H29N3S/c1-3-12-33(13-4-1)45-48-46(34-14-5-2-6-15-34)50-47(49-45)40-29-43-44(39-18-10-9-17-38(39)40)41-28-37(25-26-42(41)51-43)32-21-19-31(20-22-32)36-24-23-30-11-7-8-16-35(30)27-36/h1-29H. The molecule has 2 heterocycles. The molecule has 4 heteroatoms. The Balaban J connectivity index is 1.10. The summed E-state index contributed by atoms with van der Waals surface area (Å²) in [6.45, 7) is 0. The second kappa shape index (κ2) is 12.1. The highest BCUT2D eigenvalue weighted by Crippen LogP contribution is 2.44. The Labute approximate surface area is 299 Å². The lowest BCUT2D eigenvalue weighted by Gasteiger charge is -2.11.